The molecule has 26 nitrogen and oxygen atoms in total. The van der Waals surface area contributed by atoms with Gasteiger partial charge in [-0.25, -0.2) is 27.4 Å². The molecule has 0 bridgehead atoms. The molecule has 0 spiro atoms. The summed E-state index contributed by atoms with van der Waals surface area (Å²) in [6.45, 7) is 12.5. The number of aliphatic hydroxyl groups is 1. The number of imide groups is 1. The summed E-state index contributed by atoms with van der Waals surface area (Å²) in [6.07, 6.45) is 11.4. The smallest absolute Gasteiger partial charge is 0.411 e. The molecule has 1 fully saturated rings. The molecule has 2 aromatic carbocycles. The number of pyridine rings is 1. The second kappa shape index (κ2) is 28.2. The van der Waals surface area contributed by atoms with Gasteiger partial charge in [-0.2, -0.15) is 0 Å². The normalized spacial score (nSPS) is 20.6. The van der Waals surface area contributed by atoms with Gasteiger partial charge in [0.05, 0.1) is 46.5 Å². The molecule has 4 atom stereocenters. The molecule has 0 radical (unpaired) electrons. The molecule has 6 heterocycles. The first-order chi connectivity index (χ1) is 44.3. The number of hydrogen-bond donors (Lipinski definition) is 6. The van der Waals surface area contributed by atoms with Crippen molar-refractivity contribution in [2.75, 3.05) is 50.3 Å². The number of nitrogens with one attached hydrogen (secondary N) is 5. The lowest BCUT2D eigenvalue weighted by Gasteiger charge is -2.39. The number of carbonyl (C=O) groups excluding carboxylic acids is 8. The van der Waals surface area contributed by atoms with Gasteiger partial charge in [0.25, 0.3) is 11.8 Å². The number of fused-ring (bicyclic) bond motifs is 4. The molecule has 28 heteroatoms. The fraction of sp³-hybridized carbons (Fsp3) is 0.492. The topological polar surface area (TPSA) is 332 Å². The van der Waals surface area contributed by atoms with Gasteiger partial charge in [0.15, 0.2) is 0 Å². The highest BCUT2D eigenvalue weighted by atomic mass is 32.2. The van der Waals surface area contributed by atoms with Gasteiger partial charge >= 0.3 is 12.1 Å². The first kappa shape index (κ1) is 67.2. The average Bonchev–Trinajstić information content (AvgIpc) is 1.65. The van der Waals surface area contributed by atoms with Gasteiger partial charge in [0.2, 0.25) is 23.6 Å². The summed E-state index contributed by atoms with van der Waals surface area (Å²) < 4.78 is 58.4. The van der Waals surface area contributed by atoms with Crippen LogP contribution in [-0.2, 0) is 90.3 Å². The molecule has 7 amide bonds. The molecule has 1 saturated carbocycles. The number of anilines is 1. The van der Waals surface area contributed by atoms with Gasteiger partial charge in [0, 0.05) is 98.1 Å². The van der Waals surface area contributed by atoms with E-state index >= 15 is 4.39 Å². The van der Waals surface area contributed by atoms with E-state index < -0.39 is 88.3 Å². The van der Waals surface area contributed by atoms with E-state index in [2.05, 4.69) is 43.5 Å². The molecular weight excluding hydrogens is 1220 g/mol. The SMILES string of the molecule is C=C1OC(=O)C2=C(C=C3c4nc5cc(F)c(C)c6c5c(c4CN3C2)[C@@H](NC(=O)COCN(CCS(C)(=O)=O)C(=O)OCc2ccc(NC(=O)[C@H](C)NC(=O)[C@@H](NC(=O)CCCn3cc(CNC4CCC(CN5C(=O)C=CC5=O)CC4)nn3)C(C)C)cc2)CC6)[C@@]1(O)CC. The van der Waals surface area contributed by atoms with Gasteiger partial charge in [-0.05, 0) is 118 Å². The highest BCUT2D eigenvalue weighted by Gasteiger charge is 2.48. The fourth-order valence-corrected chi connectivity index (χ4v) is 13.3. The standard InChI is InChI=1S/C65H79FN12O14S/c1-8-65(87)39(6)92-63(85)46-31-76-32-47-58-50(20-19-45-37(4)49(66)27-51(57(45)58)71-60(47)52(76)26-48(46)65)70-54(80)34-90-35-75(24-25-93(7,88)89)64(86)91-33-41-13-17-43(18-14-41)69-61(83)38(5)68-62(84)59(36(2)3)72-53(79)10-9-23-77-30-44(73-74-77)28-67-42-15-11-40(12-16-42)29-78-55(81)21-22-56(78)82/h13-14,17-18,21-22,26-27,30,36,38,40,42,50,59,67,87H,6,8-12,15-16,19-20,23-25,28-29,31-35H2,1-5,7H3,(H,68,84)(H,69,83)(H,70,80)(H,72,79)/t38-,40?,42?,50-,59-,65+/m0/s1. The van der Waals surface area contributed by atoms with Crippen molar-refractivity contribution in [2.45, 2.75) is 148 Å². The predicted octanol–water partition coefficient (Wildman–Crippen LogP) is 4.35. The molecule has 4 aromatic rings. The molecule has 0 saturated heterocycles. The minimum atomic E-state index is -3.57. The van der Waals surface area contributed by atoms with Crippen LogP contribution in [0.15, 0.2) is 78.2 Å². The Morgan fingerprint density at radius 3 is 2.40 bits per heavy atom. The van der Waals surface area contributed by atoms with Gasteiger partial charge in [-0.3, -0.25) is 43.2 Å². The number of esters is 1. The third-order valence-corrected chi connectivity index (χ3v) is 19.0. The van der Waals surface area contributed by atoms with Crippen LogP contribution in [0.1, 0.15) is 124 Å². The van der Waals surface area contributed by atoms with Crippen LogP contribution in [0.4, 0.5) is 14.9 Å². The number of sulfone groups is 1. The van der Waals surface area contributed by atoms with Crippen LogP contribution >= 0.6 is 0 Å². The lowest BCUT2D eigenvalue weighted by molar-refractivity contribution is -0.141. The Labute approximate surface area is 537 Å². The van der Waals surface area contributed by atoms with Crippen LogP contribution in [-0.4, -0.2) is 164 Å². The highest BCUT2D eigenvalue weighted by molar-refractivity contribution is 7.90. The Hall–Kier alpha value is -8.73. The number of benzene rings is 2. The molecule has 0 unspecified atom stereocenters. The largest absolute Gasteiger partial charge is 0.444 e. The summed E-state index contributed by atoms with van der Waals surface area (Å²) in [5, 5.41) is 35.7. The first-order valence-corrected chi connectivity index (χ1v) is 33.4. The zero-order valence-electron chi connectivity index (χ0n) is 53.0. The van der Waals surface area contributed by atoms with Crippen molar-refractivity contribution in [2.24, 2.45) is 11.8 Å². The molecule has 6 aliphatic rings. The van der Waals surface area contributed by atoms with E-state index in [1.54, 1.807) is 62.7 Å². The van der Waals surface area contributed by atoms with E-state index in [1.807, 2.05) is 11.1 Å². The third-order valence-electron chi connectivity index (χ3n) is 18.1. The summed E-state index contributed by atoms with van der Waals surface area (Å²) in [5.74, 6) is -4.09. The molecule has 4 aliphatic heterocycles. The van der Waals surface area contributed by atoms with E-state index in [1.165, 1.54) is 30.0 Å². The van der Waals surface area contributed by atoms with Crippen LogP contribution in [0.3, 0.4) is 0 Å². The lowest BCUT2D eigenvalue weighted by atomic mass is 9.81. The van der Waals surface area contributed by atoms with E-state index in [-0.39, 0.29) is 86.0 Å². The number of aryl methyl sites for hydroxylation is 2. The molecule has 10 rings (SSSR count). The van der Waals surface area contributed by atoms with E-state index in [9.17, 15) is 51.9 Å². The van der Waals surface area contributed by atoms with Crippen molar-refractivity contribution < 1.29 is 70.5 Å². The number of amides is 7. The number of cyclic esters (lactones) is 1. The monoisotopic (exact) mass is 1300 g/mol. The van der Waals surface area contributed by atoms with Crippen molar-refractivity contribution >= 4 is 79.6 Å². The number of halogens is 1. The van der Waals surface area contributed by atoms with Crippen molar-refractivity contribution in [3.8, 4) is 0 Å². The maximum atomic E-state index is 15.5. The Morgan fingerprint density at radius 1 is 0.968 bits per heavy atom. The Morgan fingerprint density at radius 2 is 1.70 bits per heavy atom. The van der Waals surface area contributed by atoms with Crippen LogP contribution in [0.2, 0.25) is 0 Å². The molecule has 496 valence electrons. The molecule has 2 aromatic heterocycles. The van der Waals surface area contributed by atoms with Crippen LogP contribution < -0.4 is 26.6 Å². The highest BCUT2D eigenvalue weighted by Crippen LogP contribution is 2.49. The number of aromatic nitrogens is 4. The van der Waals surface area contributed by atoms with Crippen LogP contribution in [0.25, 0.3) is 16.6 Å². The zero-order chi connectivity index (χ0) is 66.6. The van der Waals surface area contributed by atoms with Crippen LogP contribution in [0.5, 0.6) is 0 Å². The zero-order valence-corrected chi connectivity index (χ0v) is 53.8. The van der Waals surface area contributed by atoms with Crippen molar-refractivity contribution in [1.29, 1.82) is 0 Å². The molecule has 6 N–H and O–H groups in total. The van der Waals surface area contributed by atoms with Gasteiger partial charge in [0.1, 0.15) is 59.0 Å². The second-order valence-electron chi connectivity index (χ2n) is 25.1. The van der Waals surface area contributed by atoms with Gasteiger partial charge < -0.3 is 50.8 Å². The van der Waals surface area contributed by atoms with Crippen molar-refractivity contribution in [3.63, 3.8) is 0 Å². The summed E-state index contributed by atoms with van der Waals surface area (Å²) in [6, 6.07) is 5.42. The summed E-state index contributed by atoms with van der Waals surface area (Å²) >= 11 is 0. The lowest BCUT2D eigenvalue weighted by Crippen LogP contribution is -2.53. The Bertz CT molecular complexity index is 3860. The number of nitrogens with zero attached hydrogens (tertiary/aromatic N) is 7. The Balaban J connectivity index is 0.666. The number of hydrogen-bond acceptors (Lipinski definition) is 19. The van der Waals surface area contributed by atoms with E-state index in [0.717, 1.165) is 59.2 Å². The van der Waals surface area contributed by atoms with Crippen LogP contribution in [0, 0.1) is 24.6 Å². The molecular formula is C65H79FN12O14S. The molecule has 93 heavy (non-hydrogen) atoms. The van der Waals surface area contributed by atoms with E-state index in [4.69, 9.17) is 19.2 Å². The molecule has 2 aliphatic carbocycles. The number of ether oxygens (including phenoxy) is 3. The minimum absolute atomic E-state index is 0.0787. The number of rotatable bonds is 26. The van der Waals surface area contributed by atoms with Crippen molar-refractivity contribution in [1.82, 2.24) is 55.9 Å². The van der Waals surface area contributed by atoms with Gasteiger partial charge in [-0.15, -0.1) is 5.10 Å². The third kappa shape index (κ3) is 15.4. The van der Waals surface area contributed by atoms with E-state index in [0.29, 0.717) is 83.6 Å². The first-order valence-electron chi connectivity index (χ1n) is 31.4. The number of carbonyl (C=O) groups is 8. The summed E-state index contributed by atoms with van der Waals surface area (Å²) in [7, 11) is -3.57. The fourth-order valence-electron chi connectivity index (χ4n) is 12.7. The Kier molecular flexibility index (Phi) is 20.4. The second-order valence-corrected chi connectivity index (χ2v) is 27.4. The average molecular weight is 1300 g/mol. The summed E-state index contributed by atoms with van der Waals surface area (Å²) in [4.78, 5) is 113. The minimum Gasteiger partial charge on any atom is -0.444 e. The maximum Gasteiger partial charge on any atom is 0.411 e. The maximum absolute atomic E-state index is 15.5. The quantitative estimate of drug-likeness (QED) is 0.0289. The predicted molar refractivity (Wildman–Crippen MR) is 336 cm³/mol. The summed E-state index contributed by atoms with van der Waals surface area (Å²) in [5.41, 5.74) is 4.87. The van der Waals surface area contributed by atoms with Crippen molar-refractivity contribution in [3.05, 3.63) is 123 Å². The van der Waals surface area contributed by atoms with Gasteiger partial charge in [-0.1, -0.05) is 44.7 Å².